The first-order valence-corrected chi connectivity index (χ1v) is 6.65. The van der Waals surface area contributed by atoms with Crippen LogP contribution in [0.1, 0.15) is 12.5 Å². The van der Waals surface area contributed by atoms with Gasteiger partial charge in [-0.2, -0.15) is 8.42 Å². The number of ether oxygens (including phenoxy) is 1. The maximum Gasteiger partial charge on any atom is 0.344 e. The predicted octanol–water partition coefficient (Wildman–Crippen LogP) is 1.22. The van der Waals surface area contributed by atoms with Crippen molar-refractivity contribution in [3.05, 3.63) is 35.9 Å². The smallest absolute Gasteiger partial charge is 0.344 e. The molecule has 94 valence electrons. The van der Waals surface area contributed by atoms with Crippen LogP contribution in [0.25, 0.3) is 0 Å². The fourth-order valence-electron chi connectivity index (χ4n) is 1.27. The summed E-state index contributed by atoms with van der Waals surface area (Å²) in [5.41, 5.74) is 0.0317. The number of carbonyl (C=O) groups excluding carboxylic acids is 1. The molecule has 1 unspecified atom stereocenters. The Morgan fingerprint density at radius 2 is 1.94 bits per heavy atom. The number of benzene rings is 1. The second kappa shape index (κ2) is 5.07. The van der Waals surface area contributed by atoms with Crippen LogP contribution < -0.4 is 0 Å². The molecule has 0 bridgehead atoms. The molecule has 0 saturated heterocycles. The van der Waals surface area contributed by atoms with E-state index in [1.807, 2.05) is 0 Å². The lowest BCUT2D eigenvalue weighted by Gasteiger charge is -2.23. The van der Waals surface area contributed by atoms with Crippen LogP contribution in [-0.2, 0) is 23.7 Å². The van der Waals surface area contributed by atoms with Gasteiger partial charge < -0.3 is 4.74 Å². The van der Waals surface area contributed by atoms with Crippen molar-refractivity contribution in [2.75, 3.05) is 6.61 Å². The van der Waals surface area contributed by atoms with E-state index in [0.29, 0.717) is 0 Å². The molecule has 7 heteroatoms. The Balaban J connectivity index is 3.37. The lowest BCUT2D eigenvalue weighted by atomic mass is 10.1. The summed E-state index contributed by atoms with van der Waals surface area (Å²) in [4.78, 5) is 11.7. The lowest BCUT2D eigenvalue weighted by Crippen LogP contribution is -2.39. The molecule has 1 N–H and O–H groups in total. The third-order valence-electron chi connectivity index (χ3n) is 2.09. The summed E-state index contributed by atoms with van der Waals surface area (Å²) in [6, 6.07) is 7.46. The minimum Gasteiger partial charge on any atom is -0.464 e. The molecule has 1 rings (SSSR count). The maximum atomic E-state index is 11.7. The number of hydrogen-bond acceptors (Lipinski definition) is 5. The van der Waals surface area contributed by atoms with E-state index in [1.54, 1.807) is 6.07 Å². The van der Waals surface area contributed by atoms with Gasteiger partial charge in [0.1, 0.15) is 0 Å². The Hall–Kier alpha value is -1.05. The van der Waals surface area contributed by atoms with Crippen molar-refractivity contribution in [3.63, 3.8) is 0 Å². The summed E-state index contributed by atoms with van der Waals surface area (Å²) >= 11 is 3.81. The van der Waals surface area contributed by atoms with Gasteiger partial charge in [-0.1, -0.05) is 30.3 Å². The van der Waals surface area contributed by atoms with Gasteiger partial charge in [0.15, 0.2) is 0 Å². The van der Waals surface area contributed by atoms with Gasteiger partial charge in [-0.25, -0.2) is 4.79 Å². The van der Waals surface area contributed by atoms with E-state index in [9.17, 15) is 17.8 Å². The number of esters is 1. The average molecular weight is 276 g/mol. The Kier molecular flexibility index (Phi) is 4.18. The summed E-state index contributed by atoms with van der Waals surface area (Å²) in [5, 5.41) is 0. The van der Waals surface area contributed by atoms with Gasteiger partial charge in [0, 0.05) is 0 Å². The molecule has 0 radical (unpaired) electrons. The first-order chi connectivity index (χ1) is 7.84. The molecule has 0 heterocycles. The molecule has 5 nitrogen and oxygen atoms in total. The summed E-state index contributed by atoms with van der Waals surface area (Å²) in [6.07, 6.45) is 0. The van der Waals surface area contributed by atoms with E-state index in [2.05, 4.69) is 17.4 Å². The van der Waals surface area contributed by atoms with E-state index < -0.39 is 20.2 Å². The molecule has 0 aromatic heterocycles. The van der Waals surface area contributed by atoms with Crippen molar-refractivity contribution in [1.82, 2.24) is 0 Å². The molecular weight excluding hydrogens is 264 g/mol. The predicted molar refractivity (Wildman–Crippen MR) is 65.3 cm³/mol. The third-order valence-corrected chi connectivity index (χ3v) is 4.37. The van der Waals surface area contributed by atoms with Crippen LogP contribution in [0.15, 0.2) is 30.3 Å². The summed E-state index contributed by atoms with van der Waals surface area (Å²) in [7, 11) is -4.75. The van der Waals surface area contributed by atoms with E-state index in [0.717, 1.165) is 0 Å². The largest absolute Gasteiger partial charge is 0.464 e. The highest BCUT2D eigenvalue weighted by molar-refractivity contribution is 8.03. The van der Waals surface area contributed by atoms with Crippen LogP contribution in [0.2, 0.25) is 0 Å². The van der Waals surface area contributed by atoms with E-state index >= 15 is 0 Å². The molecule has 0 aliphatic heterocycles. The topological polar surface area (TPSA) is 80.7 Å². The second-order valence-corrected chi connectivity index (χ2v) is 5.74. The fourth-order valence-corrected chi connectivity index (χ4v) is 2.18. The minimum atomic E-state index is -4.75. The maximum absolute atomic E-state index is 11.7. The van der Waals surface area contributed by atoms with Crippen LogP contribution >= 0.6 is 12.6 Å². The molecule has 0 saturated carbocycles. The summed E-state index contributed by atoms with van der Waals surface area (Å²) < 4.78 is 34.1. The Bertz CT molecular complexity index is 497. The molecule has 1 atom stereocenters. The lowest BCUT2D eigenvalue weighted by molar-refractivity contribution is -0.143. The van der Waals surface area contributed by atoms with E-state index in [-0.39, 0.29) is 12.2 Å². The number of rotatable bonds is 4. The van der Waals surface area contributed by atoms with Crippen molar-refractivity contribution in [3.8, 4) is 0 Å². The number of thiol groups is 1. The first kappa shape index (κ1) is 14.0. The molecule has 0 spiro atoms. The van der Waals surface area contributed by atoms with Crippen LogP contribution in [0.3, 0.4) is 0 Å². The fraction of sp³-hybridized carbons (Fsp3) is 0.300. The van der Waals surface area contributed by atoms with Gasteiger partial charge >= 0.3 is 5.97 Å². The quantitative estimate of drug-likeness (QED) is 0.491. The monoisotopic (exact) mass is 276 g/mol. The minimum absolute atomic E-state index is 0.0104. The SMILES string of the molecule is CCOC(=O)C(S)(c1ccccc1)S(=O)(=O)O. The molecule has 1 aromatic rings. The van der Waals surface area contributed by atoms with Gasteiger partial charge in [-0.15, -0.1) is 12.6 Å². The van der Waals surface area contributed by atoms with Crippen molar-refractivity contribution in [2.24, 2.45) is 0 Å². The Labute approximate surface area is 105 Å². The van der Waals surface area contributed by atoms with Gasteiger partial charge in [0.25, 0.3) is 14.2 Å². The molecule has 1 aromatic carbocycles. The molecule has 17 heavy (non-hydrogen) atoms. The molecule has 0 aliphatic rings. The van der Waals surface area contributed by atoms with Crippen molar-refractivity contribution < 1.29 is 22.5 Å². The van der Waals surface area contributed by atoms with Crippen molar-refractivity contribution >= 4 is 28.7 Å². The van der Waals surface area contributed by atoms with Crippen LogP contribution in [0.5, 0.6) is 0 Å². The first-order valence-electron chi connectivity index (χ1n) is 4.76. The normalized spacial score (nSPS) is 15.0. The van der Waals surface area contributed by atoms with E-state index in [4.69, 9.17) is 0 Å². The highest BCUT2D eigenvalue weighted by atomic mass is 32.3. The van der Waals surface area contributed by atoms with Crippen LogP contribution in [0.4, 0.5) is 0 Å². The molecule has 0 amide bonds. The zero-order chi connectivity index (χ0) is 13.1. The summed E-state index contributed by atoms with van der Waals surface area (Å²) in [6.45, 7) is 1.52. The van der Waals surface area contributed by atoms with Gasteiger partial charge in [-0.3, -0.25) is 4.55 Å². The zero-order valence-corrected chi connectivity index (χ0v) is 10.7. The molecular formula is C10H12O5S2. The average Bonchev–Trinajstić information content (AvgIpc) is 2.28. The Morgan fingerprint density at radius 1 is 1.41 bits per heavy atom. The highest BCUT2D eigenvalue weighted by Crippen LogP contribution is 2.35. The van der Waals surface area contributed by atoms with Gasteiger partial charge in [0.2, 0.25) is 0 Å². The summed E-state index contributed by atoms with van der Waals surface area (Å²) in [5.74, 6) is -1.13. The van der Waals surface area contributed by atoms with E-state index in [1.165, 1.54) is 31.2 Å². The Morgan fingerprint density at radius 3 is 2.35 bits per heavy atom. The molecule has 0 fully saturated rings. The van der Waals surface area contributed by atoms with Crippen molar-refractivity contribution in [1.29, 1.82) is 0 Å². The number of carbonyl (C=O) groups is 1. The van der Waals surface area contributed by atoms with Gasteiger partial charge in [-0.05, 0) is 12.5 Å². The highest BCUT2D eigenvalue weighted by Gasteiger charge is 2.50. The molecule has 0 aliphatic carbocycles. The standard InChI is InChI=1S/C10H12O5S2/c1-2-15-9(11)10(16,17(12,13)14)8-6-4-3-5-7-8/h3-7,16H,2H2,1H3,(H,12,13,14). The third kappa shape index (κ3) is 2.62. The van der Waals surface area contributed by atoms with Gasteiger partial charge in [0.05, 0.1) is 6.61 Å². The number of hydrogen-bond donors (Lipinski definition) is 2. The van der Waals surface area contributed by atoms with Crippen molar-refractivity contribution in [2.45, 2.75) is 11.0 Å². The second-order valence-electron chi connectivity index (χ2n) is 3.21. The van der Waals surface area contributed by atoms with Crippen LogP contribution in [0, 0.1) is 0 Å². The van der Waals surface area contributed by atoms with Crippen LogP contribution in [-0.4, -0.2) is 25.5 Å². The zero-order valence-electron chi connectivity index (χ0n) is 9.03.